The number of pyridine rings is 1. The Labute approximate surface area is 204 Å². The molecule has 2 N–H and O–H groups in total. The van der Waals surface area contributed by atoms with Gasteiger partial charge in [0.25, 0.3) is 10.9 Å². The third kappa shape index (κ3) is 3.78. The zero-order valence-corrected chi connectivity index (χ0v) is 19.6. The fourth-order valence-electron chi connectivity index (χ4n) is 6.07. The van der Waals surface area contributed by atoms with Gasteiger partial charge in [-0.05, 0) is 48.9 Å². The first-order valence-electron chi connectivity index (χ1n) is 12.4. The van der Waals surface area contributed by atoms with Crippen molar-refractivity contribution in [1.82, 2.24) is 9.88 Å². The summed E-state index contributed by atoms with van der Waals surface area (Å²) < 4.78 is 0. The fraction of sp³-hybridized carbons (Fsp3) is 0.310. The molecule has 3 aliphatic rings. The summed E-state index contributed by atoms with van der Waals surface area (Å²) in [7, 11) is 0. The Morgan fingerprint density at radius 1 is 1.14 bits per heavy atom. The van der Waals surface area contributed by atoms with Crippen molar-refractivity contribution in [3.05, 3.63) is 105 Å². The second kappa shape index (κ2) is 8.86. The van der Waals surface area contributed by atoms with Gasteiger partial charge in [-0.2, -0.15) is 12.1 Å². The Bertz CT molecular complexity index is 1430. The van der Waals surface area contributed by atoms with E-state index in [9.17, 15) is 9.59 Å². The molecule has 3 aromatic carbocycles. The van der Waals surface area contributed by atoms with Crippen LogP contribution in [0.2, 0.25) is 0 Å². The highest BCUT2D eigenvalue weighted by Crippen LogP contribution is 2.43. The van der Waals surface area contributed by atoms with E-state index in [0.717, 1.165) is 41.5 Å². The molecule has 0 spiro atoms. The first-order chi connectivity index (χ1) is 17.1. The largest absolute Gasteiger partial charge is 0.378 e. The number of anilines is 2. The van der Waals surface area contributed by atoms with Crippen molar-refractivity contribution in [2.45, 2.75) is 31.5 Å². The van der Waals surface area contributed by atoms with Crippen molar-refractivity contribution >= 4 is 22.3 Å². The molecular weight excluding hydrogens is 436 g/mol. The molecule has 178 valence electrons. The fourth-order valence-corrected chi connectivity index (χ4v) is 6.07. The predicted molar refractivity (Wildman–Crippen MR) is 141 cm³/mol. The first kappa shape index (κ1) is 21.9. The zero-order chi connectivity index (χ0) is 23.9. The first-order valence-corrected chi connectivity index (χ1v) is 12.4. The van der Waals surface area contributed by atoms with Gasteiger partial charge in [0.05, 0.1) is 11.6 Å². The lowest BCUT2D eigenvalue weighted by molar-refractivity contribution is 0.0105. The van der Waals surface area contributed by atoms with E-state index >= 15 is 0 Å². The number of benzene rings is 1. The van der Waals surface area contributed by atoms with Crippen LogP contribution in [0.25, 0.3) is 10.9 Å². The summed E-state index contributed by atoms with van der Waals surface area (Å²) in [6.07, 6.45) is 6.13. The highest BCUT2D eigenvalue weighted by Gasteiger charge is 2.43. The van der Waals surface area contributed by atoms with E-state index in [1.165, 1.54) is 6.42 Å². The molecule has 4 heterocycles. The van der Waals surface area contributed by atoms with Gasteiger partial charge in [0.2, 0.25) is 0 Å². The predicted octanol–water partition coefficient (Wildman–Crippen LogP) is 4.21. The maximum absolute atomic E-state index is 12.8. The standard InChI is InChI=1S/C29H29N4O2/c1-2-19-17-33-14-12-20(19)15-24(33)25(22-11-13-30-23-10-6-5-9-21(22)23)32-27-26(28(34)29(27)35)31-16-18-7-3-4-8-18/h2-11,13,19-20,24-25,31-32H,1,12,14-17H2/q-1/t19?,20?,24?,25-/m0/s1. The number of nitrogens with one attached hydrogen (secondary N) is 2. The van der Waals surface area contributed by atoms with Crippen LogP contribution >= 0.6 is 0 Å². The van der Waals surface area contributed by atoms with Crippen molar-refractivity contribution < 1.29 is 0 Å². The SMILES string of the molecule is C=CC1CN2CCC1CC2[C@@H](Nc1c(NCc2ccc[cH-]2)c(=O)c1=O)c1ccnc2ccccc12. The van der Waals surface area contributed by atoms with E-state index in [0.29, 0.717) is 29.8 Å². The number of aromatic nitrogens is 1. The van der Waals surface area contributed by atoms with Gasteiger partial charge in [0.15, 0.2) is 0 Å². The normalized spacial score (nSPS) is 24.5. The van der Waals surface area contributed by atoms with Gasteiger partial charge in [0, 0.05) is 30.7 Å². The lowest BCUT2D eigenvalue weighted by Gasteiger charge is -2.52. The van der Waals surface area contributed by atoms with Gasteiger partial charge in [0.1, 0.15) is 11.4 Å². The molecule has 6 nitrogen and oxygen atoms in total. The third-order valence-corrected chi connectivity index (χ3v) is 7.97. The minimum absolute atomic E-state index is 0.140. The topological polar surface area (TPSA) is 74.3 Å². The summed E-state index contributed by atoms with van der Waals surface area (Å²) in [6, 6.07) is 18.2. The molecule has 0 saturated carbocycles. The summed E-state index contributed by atoms with van der Waals surface area (Å²) in [6.45, 7) is 6.59. The molecule has 3 saturated heterocycles. The van der Waals surface area contributed by atoms with Crippen molar-refractivity contribution in [1.29, 1.82) is 0 Å². The minimum atomic E-state index is -0.449. The van der Waals surface area contributed by atoms with E-state index in [4.69, 9.17) is 0 Å². The molecule has 4 unspecified atom stereocenters. The van der Waals surface area contributed by atoms with E-state index in [1.807, 2.05) is 48.7 Å². The Hall–Kier alpha value is -3.64. The van der Waals surface area contributed by atoms with Gasteiger partial charge >= 0.3 is 0 Å². The lowest BCUT2D eigenvalue weighted by atomic mass is 9.73. The number of hydrogen-bond donors (Lipinski definition) is 2. The molecule has 0 amide bonds. The van der Waals surface area contributed by atoms with Crippen LogP contribution < -0.4 is 21.5 Å². The van der Waals surface area contributed by atoms with E-state index in [2.05, 4.69) is 45.3 Å². The molecule has 1 aromatic heterocycles. The van der Waals surface area contributed by atoms with Crippen molar-refractivity contribution in [3.8, 4) is 0 Å². The molecule has 0 radical (unpaired) electrons. The second-order valence-electron chi connectivity index (χ2n) is 9.84. The van der Waals surface area contributed by atoms with Crippen LogP contribution in [0.3, 0.4) is 0 Å². The number of rotatable bonds is 8. The van der Waals surface area contributed by atoms with E-state index < -0.39 is 10.9 Å². The lowest BCUT2D eigenvalue weighted by Crippen LogP contribution is -2.56. The molecule has 4 aromatic rings. The molecule has 5 atom stereocenters. The molecule has 3 aliphatic heterocycles. The number of para-hydroxylation sites is 1. The summed E-state index contributed by atoms with van der Waals surface area (Å²) in [4.78, 5) is 32.3. The zero-order valence-electron chi connectivity index (χ0n) is 19.6. The molecule has 7 rings (SSSR count). The Morgan fingerprint density at radius 2 is 2.00 bits per heavy atom. The summed E-state index contributed by atoms with van der Waals surface area (Å²) in [5.74, 6) is 1.09. The minimum Gasteiger partial charge on any atom is -0.378 e. The van der Waals surface area contributed by atoms with Gasteiger partial charge in [-0.3, -0.25) is 19.5 Å². The Balaban J connectivity index is 1.38. The average molecular weight is 466 g/mol. The summed E-state index contributed by atoms with van der Waals surface area (Å²) in [5.41, 5.74) is 3.00. The molecule has 35 heavy (non-hydrogen) atoms. The molecular formula is C29H29N4O2-. The van der Waals surface area contributed by atoms with Crippen LogP contribution in [0.15, 0.2) is 83.0 Å². The molecule has 6 heteroatoms. The van der Waals surface area contributed by atoms with Crippen LogP contribution in [0, 0.1) is 11.8 Å². The second-order valence-corrected chi connectivity index (χ2v) is 9.84. The Kier molecular flexibility index (Phi) is 5.53. The van der Waals surface area contributed by atoms with Crippen LogP contribution in [0.4, 0.5) is 11.4 Å². The summed E-state index contributed by atoms with van der Waals surface area (Å²) in [5, 5.41) is 7.84. The smallest absolute Gasteiger partial charge is 0.253 e. The van der Waals surface area contributed by atoms with E-state index in [-0.39, 0.29) is 12.1 Å². The van der Waals surface area contributed by atoms with Crippen LogP contribution in [0.5, 0.6) is 0 Å². The van der Waals surface area contributed by atoms with Gasteiger partial charge in [-0.15, -0.1) is 12.1 Å². The van der Waals surface area contributed by atoms with Crippen molar-refractivity contribution in [3.63, 3.8) is 0 Å². The van der Waals surface area contributed by atoms with Gasteiger partial charge < -0.3 is 10.6 Å². The highest BCUT2D eigenvalue weighted by atomic mass is 16.2. The highest BCUT2D eigenvalue weighted by molar-refractivity contribution is 5.83. The summed E-state index contributed by atoms with van der Waals surface area (Å²) >= 11 is 0. The number of nitrogens with zero attached hydrogens (tertiary/aromatic N) is 2. The average Bonchev–Trinajstić information content (AvgIpc) is 3.43. The quantitative estimate of drug-likeness (QED) is 0.231. The maximum Gasteiger partial charge on any atom is 0.253 e. The van der Waals surface area contributed by atoms with Gasteiger partial charge in [-0.1, -0.05) is 24.3 Å². The number of fused-ring (bicyclic) bond motifs is 4. The third-order valence-electron chi connectivity index (χ3n) is 7.97. The van der Waals surface area contributed by atoms with Crippen LogP contribution in [0.1, 0.15) is 30.0 Å². The molecule has 3 fully saturated rings. The Morgan fingerprint density at radius 3 is 2.77 bits per heavy atom. The van der Waals surface area contributed by atoms with E-state index in [1.54, 1.807) is 0 Å². The van der Waals surface area contributed by atoms with Crippen LogP contribution in [-0.2, 0) is 6.54 Å². The number of hydrogen-bond acceptors (Lipinski definition) is 6. The monoisotopic (exact) mass is 465 g/mol. The van der Waals surface area contributed by atoms with Gasteiger partial charge in [-0.25, -0.2) is 12.1 Å². The number of piperidine rings is 3. The maximum atomic E-state index is 12.8. The van der Waals surface area contributed by atoms with Crippen LogP contribution in [-0.4, -0.2) is 29.0 Å². The van der Waals surface area contributed by atoms with Crippen molar-refractivity contribution in [2.24, 2.45) is 11.8 Å². The molecule has 2 bridgehead atoms. The van der Waals surface area contributed by atoms with Crippen molar-refractivity contribution in [2.75, 3.05) is 23.7 Å². The molecule has 0 aliphatic carbocycles.